The van der Waals surface area contributed by atoms with Crippen LogP contribution in [0.25, 0.3) is 21.6 Å². The SMILES string of the molecule is COc1ccc(NC(=O)CSc2nc3ccc(NC(=O)CSc4n[nH]c(-c5ccccc5)n4)cc3s2)cc1. The van der Waals surface area contributed by atoms with Crippen LogP contribution in [0.3, 0.4) is 0 Å². The maximum atomic E-state index is 12.5. The lowest BCUT2D eigenvalue weighted by atomic mass is 10.2. The van der Waals surface area contributed by atoms with Gasteiger partial charge in [-0.1, -0.05) is 53.9 Å². The van der Waals surface area contributed by atoms with Crippen molar-refractivity contribution in [3.8, 4) is 17.1 Å². The number of hydrogen-bond acceptors (Lipinski definition) is 9. The highest BCUT2D eigenvalue weighted by molar-refractivity contribution is 8.01. The molecule has 0 aliphatic carbocycles. The molecular formula is C26H22N6O3S3. The van der Waals surface area contributed by atoms with E-state index in [2.05, 4.69) is 30.8 Å². The van der Waals surface area contributed by atoms with Crippen molar-refractivity contribution in [3.63, 3.8) is 0 Å². The third-order valence-electron chi connectivity index (χ3n) is 5.20. The van der Waals surface area contributed by atoms with Crippen LogP contribution in [0.1, 0.15) is 0 Å². The zero-order valence-corrected chi connectivity index (χ0v) is 22.6. The van der Waals surface area contributed by atoms with Gasteiger partial charge < -0.3 is 15.4 Å². The second kappa shape index (κ2) is 12.1. The molecule has 0 aliphatic heterocycles. The van der Waals surface area contributed by atoms with E-state index in [1.54, 1.807) is 31.4 Å². The third-order valence-corrected chi connectivity index (χ3v) is 8.21. The standard InChI is InChI=1S/C26H22N6O3S3/c1-35-19-10-7-17(8-11-19)27-23(34)15-37-26-29-20-12-9-18(13-21(20)38-26)28-22(33)14-36-25-30-24(31-32-25)16-5-3-2-4-6-16/h2-13H,14-15H2,1H3,(H,27,34)(H,28,33)(H,30,31,32). The molecule has 0 bridgehead atoms. The zero-order chi connectivity index (χ0) is 26.3. The van der Waals surface area contributed by atoms with Crippen LogP contribution in [0, 0.1) is 0 Å². The lowest BCUT2D eigenvalue weighted by Crippen LogP contribution is -2.14. The predicted octanol–water partition coefficient (Wildman–Crippen LogP) is 5.55. The summed E-state index contributed by atoms with van der Waals surface area (Å²) in [6.07, 6.45) is 0. The summed E-state index contributed by atoms with van der Waals surface area (Å²) in [7, 11) is 1.60. The van der Waals surface area contributed by atoms with Crippen molar-refractivity contribution < 1.29 is 14.3 Å². The van der Waals surface area contributed by atoms with Gasteiger partial charge in [-0.05, 0) is 42.5 Å². The number of anilines is 2. The van der Waals surface area contributed by atoms with E-state index in [0.717, 1.165) is 25.9 Å². The Hall–Kier alpha value is -3.87. The summed E-state index contributed by atoms with van der Waals surface area (Å²) in [6, 6.07) is 22.4. The number of nitrogens with one attached hydrogen (secondary N) is 3. The summed E-state index contributed by atoms with van der Waals surface area (Å²) in [5.41, 5.74) is 3.14. The highest BCUT2D eigenvalue weighted by atomic mass is 32.2. The topological polar surface area (TPSA) is 122 Å². The van der Waals surface area contributed by atoms with E-state index in [0.29, 0.717) is 22.4 Å². The lowest BCUT2D eigenvalue weighted by Gasteiger charge is -2.05. The highest BCUT2D eigenvalue weighted by Gasteiger charge is 2.12. The molecule has 0 saturated carbocycles. The molecule has 2 aromatic heterocycles. The number of methoxy groups -OCH3 is 1. The number of carbonyl (C=O) groups is 2. The van der Waals surface area contributed by atoms with Crippen LogP contribution in [0.5, 0.6) is 5.75 Å². The Morgan fingerprint density at radius 2 is 1.61 bits per heavy atom. The predicted molar refractivity (Wildman–Crippen MR) is 153 cm³/mol. The van der Waals surface area contributed by atoms with E-state index in [4.69, 9.17) is 4.74 Å². The van der Waals surface area contributed by atoms with Gasteiger partial charge in [0.1, 0.15) is 5.75 Å². The van der Waals surface area contributed by atoms with Gasteiger partial charge in [-0.15, -0.1) is 16.4 Å². The number of amides is 2. The molecule has 3 N–H and O–H groups in total. The lowest BCUT2D eigenvalue weighted by molar-refractivity contribution is -0.114. The molecule has 0 aliphatic rings. The van der Waals surface area contributed by atoms with Crippen LogP contribution in [0.2, 0.25) is 0 Å². The first-order valence-corrected chi connectivity index (χ1v) is 14.2. The van der Waals surface area contributed by atoms with Crippen LogP contribution in [-0.4, -0.2) is 50.6 Å². The maximum Gasteiger partial charge on any atom is 0.234 e. The molecule has 0 fully saturated rings. The summed E-state index contributed by atoms with van der Waals surface area (Å²) in [6.45, 7) is 0. The summed E-state index contributed by atoms with van der Waals surface area (Å²) in [5, 5.41) is 13.4. The Bertz CT molecular complexity index is 1550. The monoisotopic (exact) mass is 562 g/mol. The van der Waals surface area contributed by atoms with Crippen molar-refractivity contribution in [1.29, 1.82) is 0 Å². The number of nitrogens with zero attached hydrogens (tertiary/aromatic N) is 3. The largest absolute Gasteiger partial charge is 0.497 e. The molecule has 0 spiro atoms. The Labute approximate surface area is 230 Å². The first kappa shape index (κ1) is 25.8. The molecule has 2 heterocycles. The van der Waals surface area contributed by atoms with Gasteiger partial charge in [-0.2, -0.15) is 0 Å². The molecule has 12 heteroatoms. The van der Waals surface area contributed by atoms with E-state index < -0.39 is 0 Å². The van der Waals surface area contributed by atoms with E-state index >= 15 is 0 Å². The fraction of sp³-hybridized carbons (Fsp3) is 0.115. The third kappa shape index (κ3) is 6.71. The quantitative estimate of drug-likeness (QED) is 0.189. The second-order valence-corrected chi connectivity index (χ2v) is 11.1. The number of ether oxygens (including phenoxy) is 1. The summed E-state index contributed by atoms with van der Waals surface area (Å²) in [5.74, 6) is 1.53. The normalized spacial score (nSPS) is 10.9. The number of thioether (sulfide) groups is 2. The molecule has 0 saturated heterocycles. The molecular weight excluding hydrogens is 541 g/mol. The Morgan fingerprint density at radius 1 is 0.895 bits per heavy atom. The van der Waals surface area contributed by atoms with Gasteiger partial charge in [0.2, 0.25) is 17.0 Å². The number of aromatic nitrogens is 4. The number of thiazole rings is 1. The number of aromatic amines is 1. The van der Waals surface area contributed by atoms with Gasteiger partial charge in [0.15, 0.2) is 10.2 Å². The van der Waals surface area contributed by atoms with Crippen molar-refractivity contribution >= 4 is 68.3 Å². The van der Waals surface area contributed by atoms with Crippen LogP contribution < -0.4 is 15.4 Å². The number of rotatable bonds is 10. The fourth-order valence-electron chi connectivity index (χ4n) is 3.40. The first-order chi connectivity index (χ1) is 18.6. The zero-order valence-electron chi connectivity index (χ0n) is 20.1. The average Bonchev–Trinajstić information content (AvgIpc) is 3.58. The second-order valence-electron chi connectivity index (χ2n) is 7.90. The number of H-pyrrole nitrogens is 1. The van der Waals surface area contributed by atoms with Gasteiger partial charge >= 0.3 is 0 Å². The molecule has 2 amide bonds. The van der Waals surface area contributed by atoms with Gasteiger partial charge in [-0.3, -0.25) is 14.7 Å². The maximum absolute atomic E-state index is 12.5. The number of fused-ring (bicyclic) bond motifs is 1. The molecule has 9 nitrogen and oxygen atoms in total. The van der Waals surface area contributed by atoms with Crippen molar-refractivity contribution in [2.75, 3.05) is 29.2 Å². The van der Waals surface area contributed by atoms with Crippen LogP contribution in [0.15, 0.2) is 82.3 Å². The Morgan fingerprint density at radius 3 is 2.37 bits per heavy atom. The van der Waals surface area contributed by atoms with Crippen molar-refractivity contribution in [3.05, 3.63) is 72.8 Å². The van der Waals surface area contributed by atoms with E-state index in [1.807, 2.05) is 48.5 Å². The molecule has 0 unspecified atom stereocenters. The molecule has 3 aromatic carbocycles. The van der Waals surface area contributed by atoms with Gasteiger partial charge in [0, 0.05) is 16.9 Å². The smallest absolute Gasteiger partial charge is 0.234 e. The minimum Gasteiger partial charge on any atom is -0.497 e. The van der Waals surface area contributed by atoms with Gasteiger partial charge in [-0.25, -0.2) is 9.97 Å². The molecule has 5 aromatic rings. The summed E-state index contributed by atoms with van der Waals surface area (Å²) < 4.78 is 6.84. The molecule has 0 radical (unpaired) electrons. The van der Waals surface area contributed by atoms with E-state index in [-0.39, 0.29) is 23.3 Å². The molecule has 0 atom stereocenters. The van der Waals surface area contributed by atoms with Gasteiger partial charge in [0.05, 0.1) is 28.8 Å². The average molecular weight is 563 g/mol. The van der Waals surface area contributed by atoms with Crippen LogP contribution >= 0.6 is 34.9 Å². The Balaban J connectivity index is 1.12. The minimum atomic E-state index is -0.158. The van der Waals surface area contributed by atoms with Crippen molar-refractivity contribution in [2.24, 2.45) is 0 Å². The Kier molecular flexibility index (Phi) is 8.22. The summed E-state index contributed by atoms with van der Waals surface area (Å²) in [4.78, 5) is 33.8. The highest BCUT2D eigenvalue weighted by Crippen LogP contribution is 2.31. The van der Waals surface area contributed by atoms with E-state index in [9.17, 15) is 9.59 Å². The summed E-state index contributed by atoms with van der Waals surface area (Å²) >= 11 is 4.11. The van der Waals surface area contributed by atoms with Crippen molar-refractivity contribution in [2.45, 2.75) is 9.50 Å². The molecule has 5 rings (SSSR count). The number of carbonyl (C=O) groups excluding carboxylic acids is 2. The van der Waals surface area contributed by atoms with Crippen molar-refractivity contribution in [1.82, 2.24) is 20.2 Å². The molecule has 192 valence electrons. The number of hydrogen-bond donors (Lipinski definition) is 3. The minimum absolute atomic E-state index is 0.118. The number of benzene rings is 3. The first-order valence-electron chi connectivity index (χ1n) is 11.4. The molecule has 38 heavy (non-hydrogen) atoms. The van der Waals surface area contributed by atoms with Gasteiger partial charge in [0.25, 0.3) is 0 Å². The van der Waals surface area contributed by atoms with Crippen LogP contribution in [-0.2, 0) is 9.59 Å². The fourth-order valence-corrected chi connectivity index (χ4v) is 5.91. The van der Waals surface area contributed by atoms with E-state index in [1.165, 1.54) is 34.9 Å². The van der Waals surface area contributed by atoms with Crippen LogP contribution in [0.4, 0.5) is 11.4 Å².